The van der Waals surface area contributed by atoms with Crippen molar-refractivity contribution in [2.75, 3.05) is 18.5 Å². The normalized spacial score (nSPS) is 10.6. The molecule has 1 aromatic carbocycles. The van der Waals surface area contributed by atoms with Gasteiger partial charge in [0.2, 0.25) is 5.52 Å². The molecule has 1 aromatic heterocycles. The van der Waals surface area contributed by atoms with Crippen LogP contribution in [0.1, 0.15) is 0 Å². The van der Waals surface area contributed by atoms with E-state index in [1.165, 1.54) is 12.1 Å². The molecule has 0 saturated carbocycles. The standard InChI is InChI=1S/C8H8N4O4/c13-4-3-9-5-1-2-6(12(14)15)8-7(5)10-16-11-8/h1-2,9,13H,3-4H2. The van der Waals surface area contributed by atoms with Crippen molar-refractivity contribution < 1.29 is 14.7 Å². The van der Waals surface area contributed by atoms with Crippen LogP contribution in [0.15, 0.2) is 16.8 Å². The fourth-order valence-electron chi connectivity index (χ4n) is 1.33. The third-order valence-electron chi connectivity index (χ3n) is 2.02. The summed E-state index contributed by atoms with van der Waals surface area (Å²) >= 11 is 0. The van der Waals surface area contributed by atoms with Crippen LogP contribution in [0.4, 0.5) is 11.4 Å². The number of hydrogen-bond acceptors (Lipinski definition) is 7. The summed E-state index contributed by atoms with van der Waals surface area (Å²) in [5.41, 5.74) is 0.747. The minimum absolute atomic E-state index is 0.0518. The summed E-state index contributed by atoms with van der Waals surface area (Å²) in [7, 11) is 0. The molecule has 8 nitrogen and oxygen atoms in total. The zero-order valence-corrected chi connectivity index (χ0v) is 8.08. The number of benzene rings is 1. The van der Waals surface area contributed by atoms with Crippen LogP contribution in [0.25, 0.3) is 11.0 Å². The molecule has 8 heteroatoms. The van der Waals surface area contributed by atoms with Gasteiger partial charge in [-0.25, -0.2) is 4.63 Å². The number of nitro benzene ring substituents is 1. The number of anilines is 1. The quantitative estimate of drug-likeness (QED) is 0.575. The summed E-state index contributed by atoms with van der Waals surface area (Å²) in [5, 5.41) is 29.2. The van der Waals surface area contributed by atoms with Crippen molar-refractivity contribution in [1.82, 2.24) is 10.3 Å². The topological polar surface area (TPSA) is 114 Å². The molecule has 0 spiro atoms. The second kappa shape index (κ2) is 4.11. The predicted molar refractivity (Wildman–Crippen MR) is 54.0 cm³/mol. The van der Waals surface area contributed by atoms with E-state index in [1.54, 1.807) is 0 Å². The van der Waals surface area contributed by atoms with Crippen molar-refractivity contribution in [1.29, 1.82) is 0 Å². The van der Waals surface area contributed by atoms with Crippen molar-refractivity contribution in [2.24, 2.45) is 0 Å². The van der Waals surface area contributed by atoms with Crippen LogP contribution >= 0.6 is 0 Å². The fourth-order valence-corrected chi connectivity index (χ4v) is 1.33. The van der Waals surface area contributed by atoms with Gasteiger partial charge in [-0.2, -0.15) is 0 Å². The second-order valence-electron chi connectivity index (χ2n) is 3.00. The van der Waals surface area contributed by atoms with Crippen LogP contribution in [0.3, 0.4) is 0 Å². The largest absolute Gasteiger partial charge is 0.395 e. The van der Waals surface area contributed by atoms with Gasteiger partial charge in [0.05, 0.1) is 17.2 Å². The van der Waals surface area contributed by atoms with Crippen LogP contribution in [-0.2, 0) is 0 Å². The highest BCUT2D eigenvalue weighted by Gasteiger charge is 2.19. The number of aliphatic hydroxyl groups is 1. The Morgan fingerprint density at radius 2 is 2.19 bits per heavy atom. The van der Waals surface area contributed by atoms with Crippen molar-refractivity contribution in [3.05, 3.63) is 22.2 Å². The van der Waals surface area contributed by atoms with E-state index in [0.717, 1.165) is 0 Å². The van der Waals surface area contributed by atoms with Crippen molar-refractivity contribution in [3.8, 4) is 0 Å². The van der Waals surface area contributed by atoms with Crippen LogP contribution in [0.2, 0.25) is 0 Å². The van der Waals surface area contributed by atoms with Gasteiger partial charge >= 0.3 is 5.69 Å². The van der Waals surface area contributed by atoms with E-state index < -0.39 is 4.92 Å². The number of nitrogens with one attached hydrogen (secondary N) is 1. The lowest BCUT2D eigenvalue weighted by Gasteiger charge is -2.03. The number of non-ortho nitro benzene ring substituents is 1. The van der Waals surface area contributed by atoms with Crippen LogP contribution in [0, 0.1) is 10.1 Å². The molecule has 2 rings (SSSR count). The van der Waals surface area contributed by atoms with Gasteiger partial charge in [0.25, 0.3) is 0 Å². The summed E-state index contributed by atoms with van der Waals surface area (Å²) in [6.07, 6.45) is 0. The van der Waals surface area contributed by atoms with Gasteiger partial charge in [-0.1, -0.05) is 0 Å². The minimum atomic E-state index is -0.553. The lowest BCUT2D eigenvalue weighted by Crippen LogP contribution is -2.06. The monoisotopic (exact) mass is 224 g/mol. The average molecular weight is 224 g/mol. The zero-order valence-electron chi connectivity index (χ0n) is 8.08. The minimum Gasteiger partial charge on any atom is -0.395 e. The van der Waals surface area contributed by atoms with Gasteiger partial charge < -0.3 is 10.4 Å². The SMILES string of the molecule is O=[N+]([O-])c1ccc(NCCO)c2nonc12. The fraction of sp³-hybridized carbons (Fsp3) is 0.250. The molecule has 0 amide bonds. The summed E-state index contributed by atoms with van der Waals surface area (Å²) in [6.45, 7) is 0.267. The molecule has 0 fully saturated rings. The highest BCUT2D eigenvalue weighted by molar-refractivity contribution is 5.93. The molecule has 1 heterocycles. The summed E-state index contributed by atoms with van der Waals surface area (Å²) in [4.78, 5) is 10.1. The first-order valence-corrected chi connectivity index (χ1v) is 4.48. The first kappa shape index (κ1) is 10.3. The predicted octanol–water partition coefficient (Wildman–Crippen LogP) is 0.535. The lowest BCUT2D eigenvalue weighted by molar-refractivity contribution is -0.383. The smallest absolute Gasteiger partial charge is 0.300 e. The molecule has 84 valence electrons. The van der Waals surface area contributed by atoms with Crippen LogP contribution < -0.4 is 5.32 Å². The molecule has 0 atom stereocenters. The van der Waals surface area contributed by atoms with Gasteiger partial charge in [0.15, 0.2) is 5.52 Å². The molecule has 0 aliphatic rings. The number of hydrogen-bond donors (Lipinski definition) is 2. The molecule has 0 aliphatic carbocycles. The molecule has 16 heavy (non-hydrogen) atoms. The van der Waals surface area contributed by atoms with Gasteiger partial charge in [0.1, 0.15) is 0 Å². The van der Waals surface area contributed by atoms with Crippen LogP contribution in [0.5, 0.6) is 0 Å². The van der Waals surface area contributed by atoms with Gasteiger partial charge in [0, 0.05) is 12.6 Å². The maximum absolute atomic E-state index is 10.7. The van der Waals surface area contributed by atoms with E-state index in [4.69, 9.17) is 5.11 Å². The van der Waals surface area contributed by atoms with Gasteiger partial charge in [-0.05, 0) is 16.4 Å². The summed E-state index contributed by atoms with van der Waals surface area (Å²) in [6, 6.07) is 2.81. The number of aliphatic hydroxyl groups excluding tert-OH is 1. The van der Waals surface area contributed by atoms with E-state index in [9.17, 15) is 10.1 Å². The number of rotatable bonds is 4. The first-order chi connectivity index (χ1) is 7.74. The molecule has 2 N–H and O–H groups in total. The Morgan fingerprint density at radius 1 is 1.44 bits per heavy atom. The highest BCUT2D eigenvalue weighted by atomic mass is 16.6. The Balaban J connectivity index is 2.50. The number of nitro groups is 1. The molecule has 0 saturated heterocycles. The lowest BCUT2D eigenvalue weighted by atomic mass is 10.2. The molecule has 2 aromatic rings. The van der Waals surface area contributed by atoms with Gasteiger partial charge in [-0.15, -0.1) is 0 Å². The molecule has 0 unspecified atom stereocenters. The zero-order chi connectivity index (χ0) is 11.5. The third kappa shape index (κ3) is 1.65. The van der Waals surface area contributed by atoms with E-state index >= 15 is 0 Å². The Labute approximate surface area is 89.0 Å². The van der Waals surface area contributed by atoms with Gasteiger partial charge in [-0.3, -0.25) is 10.1 Å². The number of fused-ring (bicyclic) bond motifs is 1. The van der Waals surface area contributed by atoms with E-state index in [2.05, 4.69) is 20.3 Å². The number of nitrogens with zero attached hydrogens (tertiary/aromatic N) is 3. The van der Waals surface area contributed by atoms with Crippen molar-refractivity contribution >= 4 is 22.4 Å². The summed E-state index contributed by atoms with van der Waals surface area (Å²) in [5.74, 6) is 0. The maximum atomic E-state index is 10.7. The van der Waals surface area contributed by atoms with Crippen molar-refractivity contribution in [3.63, 3.8) is 0 Å². The molecular weight excluding hydrogens is 216 g/mol. The van der Waals surface area contributed by atoms with E-state index in [-0.39, 0.29) is 23.3 Å². The first-order valence-electron chi connectivity index (χ1n) is 4.48. The maximum Gasteiger partial charge on any atom is 0.300 e. The average Bonchev–Trinajstić information content (AvgIpc) is 2.74. The molecule has 0 radical (unpaired) electrons. The van der Waals surface area contributed by atoms with E-state index in [1.807, 2.05) is 0 Å². The van der Waals surface area contributed by atoms with Crippen LogP contribution in [-0.4, -0.2) is 33.5 Å². The van der Waals surface area contributed by atoms with E-state index in [0.29, 0.717) is 12.2 Å². The Kier molecular flexibility index (Phi) is 2.64. The molecule has 0 bridgehead atoms. The Bertz CT molecular complexity index is 524. The Hall–Kier alpha value is -2.22. The number of aromatic nitrogens is 2. The third-order valence-corrected chi connectivity index (χ3v) is 2.02. The van der Waals surface area contributed by atoms with Crippen molar-refractivity contribution in [2.45, 2.75) is 0 Å². The molecular formula is C8H8N4O4. The second-order valence-corrected chi connectivity index (χ2v) is 3.00. The molecule has 0 aliphatic heterocycles. The highest BCUT2D eigenvalue weighted by Crippen LogP contribution is 2.28. The summed E-state index contributed by atoms with van der Waals surface area (Å²) < 4.78 is 4.47. The Morgan fingerprint density at radius 3 is 2.88 bits per heavy atom.